The van der Waals surface area contributed by atoms with E-state index in [0.29, 0.717) is 6.54 Å². The Balaban J connectivity index is 2.28. The first-order valence-electron chi connectivity index (χ1n) is 6.31. The number of carbonyl (C=O) groups excluding carboxylic acids is 2. The van der Waals surface area contributed by atoms with Crippen LogP contribution < -0.4 is 10.6 Å². The van der Waals surface area contributed by atoms with Gasteiger partial charge in [0.2, 0.25) is 11.8 Å². The monoisotopic (exact) mass is 326 g/mol. The van der Waals surface area contributed by atoms with E-state index >= 15 is 0 Å². The third-order valence-electron chi connectivity index (χ3n) is 2.63. The largest absolute Gasteiger partial charge is 0.355 e. The summed E-state index contributed by atoms with van der Waals surface area (Å²) in [5, 5.41) is 5.50. The number of hydrogen-bond acceptors (Lipinski definition) is 2. The van der Waals surface area contributed by atoms with Gasteiger partial charge in [-0.3, -0.25) is 9.59 Å². The summed E-state index contributed by atoms with van der Waals surface area (Å²) in [7, 11) is 0. The van der Waals surface area contributed by atoms with Gasteiger partial charge in [-0.05, 0) is 25.5 Å². The predicted molar refractivity (Wildman–Crippen MR) is 80.4 cm³/mol. The average molecular weight is 327 g/mol. The van der Waals surface area contributed by atoms with E-state index in [-0.39, 0.29) is 23.1 Å². The molecule has 0 unspecified atom stereocenters. The summed E-state index contributed by atoms with van der Waals surface area (Å²) in [5.41, 5.74) is 1.92. The molecular weight excluding hydrogens is 308 g/mol. The molecule has 104 valence electrons. The molecule has 2 N–H and O–H groups in total. The summed E-state index contributed by atoms with van der Waals surface area (Å²) in [6, 6.07) is 7.59. The molecular formula is C14H19BrN2O2. The molecule has 0 bridgehead atoms. The normalized spacial score (nSPS) is 11.7. The molecule has 0 radical (unpaired) electrons. The molecule has 0 saturated heterocycles. The lowest BCUT2D eigenvalue weighted by Gasteiger charge is -2.09. The lowest BCUT2D eigenvalue weighted by atomic mass is 10.2. The number of aryl methyl sites for hydroxylation is 1. The van der Waals surface area contributed by atoms with Crippen molar-refractivity contribution in [2.45, 2.75) is 31.5 Å². The Bertz CT molecular complexity index is 432. The fraction of sp³-hybridized carbons (Fsp3) is 0.429. The van der Waals surface area contributed by atoms with Crippen LogP contribution in [0.15, 0.2) is 24.3 Å². The maximum absolute atomic E-state index is 11.6. The van der Waals surface area contributed by atoms with Gasteiger partial charge >= 0.3 is 0 Å². The number of halogens is 1. The van der Waals surface area contributed by atoms with Crippen LogP contribution in [0.3, 0.4) is 0 Å². The fourth-order valence-corrected chi connectivity index (χ4v) is 1.62. The Hall–Kier alpha value is -1.36. The number of carbonyl (C=O) groups is 2. The van der Waals surface area contributed by atoms with Gasteiger partial charge in [0.05, 0.1) is 4.83 Å². The van der Waals surface area contributed by atoms with Crippen LogP contribution in [-0.2, 0) is 9.59 Å². The summed E-state index contributed by atoms with van der Waals surface area (Å²) >= 11 is 3.26. The van der Waals surface area contributed by atoms with Crippen LogP contribution in [0.1, 0.15) is 25.3 Å². The molecule has 2 amide bonds. The molecule has 1 aromatic rings. The van der Waals surface area contributed by atoms with Crippen molar-refractivity contribution in [3.63, 3.8) is 0 Å². The molecule has 0 heterocycles. The van der Waals surface area contributed by atoms with Gasteiger partial charge in [-0.25, -0.2) is 0 Å². The van der Waals surface area contributed by atoms with Crippen molar-refractivity contribution in [1.82, 2.24) is 5.32 Å². The molecule has 0 aromatic heterocycles. The van der Waals surface area contributed by atoms with Crippen molar-refractivity contribution in [3.8, 4) is 0 Å². The van der Waals surface area contributed by atoms with Crippen molar-refractivity contribution < 1.29 is 9.59 Å². The van der Waals surface area contributed by atoms with Gasteiger partial charge in [0.25, 0.3) is 0 Å². The van der Waals surface area contributed by atoms with Crippen molar-refractivity contribution in [2.75, 3.05) is 11.9 Å². The standard InChI is InChI=1S/C14H19BrN2O2/c1-3-12(15)14(19)16-9-8-13(18)17-11-6-4-10(2)5-7-11/h4-7,12H,3,8-9H2,1-2H3,(H,16,19)(H,17,18)/t12-/m1/s1. The first-order chi connectivity index (χ1) is 9.02. The van der Waals surface area contributed by atoms with Crippen molar-refractivity contribution in [1.29, 1.82) is 0 Å². The second kappa shape index (κ2) is 7.94. The zero-order valence-electron chi connectivity index (χ0n) is 11.2. The lowest BCUT2D eigenvalue weighted by molar-refractivity contribution is -0.120. The van der Waals surface area contributed by atoms with Gasteiger partial charge in [-0.1, -0.05) is 40.5 Å². The minimum Gasteiger partial charge on any atom is -0.355 e. The van der Waals surface area contributed by atoms with Gasteiger partial charge in [-0.15, -0.1) is 0 Å². The molecule has 0 saturated carbocycles. The molecule has 0 aliphatic carbocycles. The van der Waals surface area contributed by atoms with Gasteiger partial charge in [0.1, 0.15) is 0 Å². The minimum absolute atomic E-state index is 0.0781. The zero-order chi connectivity index (χ0) is 14.3. The number of anilines is 1. The van der Waals surface area contributed by atoms with Crippen molar-refractivity contribution >= 4 is 33.4 Å². The quantitative estimate of drug-likeness (QED) is 0.789. The highest BCUT2D eigenvalue weighted by Crippen LogP contribution is 2.08. The van der Waals surface area contributed by atoms with E-state index < -0.39 is 0 Å². The van der Waals surface area contributed by atoms with E-state index in [9.17, 15) is 9.59 Å². The first-order valence-corrected chi connectivity index (χ1v) is 7.22. The maximum atomic E-state index is 11.6. The van der Waals surface area contributed by atoms with Crippen LogP contribution >= 0.6 is 15.9 Å². The van der Waals surface area contributed by atoms with Gasteiger partial charge in [0, 0.05) is 18.7 Å². The Morgan fingerprint density at radius 1 is 1.26 bits per heavy atom. The number of hydrogen-bond donors (Lipinski definition) is 2. The van der Waals surface area contributed by atoms with Gasteiger partial charge < -0.3 is 10.6 Å². The number of rotatable bonds is 6. The van der Waals surface area contributed by atoms with Crippen LogP contribution in [0.5, 0.6) is 0 Å². The van der Waals surface area contributed by atoms with E-state index in [0.717, 1.165) is 17.7 Å². The highest BCUT2D eigenvalue weighted by molar-refractivity contribution is 9.10. The van der Waals surface area contributed by atoms with Crippen LogP contribution in [-0.4, -0.2) is 23.2 Å². The molecule has 0 aliphatic heterocycles. The summed E-state index contributed by atoms with van der Waals surface area (Å²) in [6.45, 7) is 4.26. The van der Waals surface area contributed by atoms with E-state index in [1.807, 2.05) is 38.1 Å². The van der Waals surface area contributed by atoms with E-state index in [4.69, 9.17) is 0 Å². The SMILES string of the molecule is CC[C@@H](Br)C(=O)NCCC(=O)Nc1ccc(C)cc1. The number of nitrogens with one attached hydrogen (secondary N) is 2. The summed E-state index contributed by atoms with van der Waals surface area (Å²) < 4.78 is 0. The third kappa shape index (κ3) is 5.87. The Kier molecular flexibility index (Phi) is 6.56. The topological polar surface area (TPSA) is 58.2 Å². The molecule has 1 rings (SSSR count). The lowest BCUT2D eigenvalue weighted by Crippen LogP contribution is -2.33. The number of alkyl halides is 1. The van der Waals surface area contributed by atoms with E-state index in [1.165, 1.54) is 0 Å². The van der Waals surface area contributed by atoms with Crippen molar-refractivity contribution in [3.05, 3.63) is 29.8 Å². The smallest absolute Gasteiger partial charge is 0.233 e. The molecule has 0 aliphatic rings. The third-order valence-corrected chi connectivity index (χ3v) is 3.69. The van der Waals surface area contributed by atoms with Crippen LogP contribution in [0.25, 0.3) is 0 Å². The summed E-state index contributed by atoms with van der Waals surface area (Å²) in [4.78, 5) is 22.9. The van der Waals surface area contributed by atoms with Crippen LogP contribution in [0, 0.1) is 6.92 Å². The average Bonchev–Trinajstić information content (AvgIpc) is 2.40. The molecule has 19 heavy (non-hydrogen) atoms. The second-order valence-electron chi connectivity index (χ2n) is 4.33. The Morgan fingerprint density at radius 3 is 2.47 bits per heavy atom. The first kappa shape index (κ1) is 15.7. The molecule has 1 aromatic carbocycles. The molecule has 1 atom stereocenters. The zero-order valence-corrected chi connectivity index (χ0v) is 12.8. The second-order valence-corrected chi connectivity index (χ2v) is 5.44. The van der Waals surface area contributed by atoms with Gasteiger partial charge in [-0.2, -0.15) is 0 Å². The fourth-order valence-electron chi connectivity index (χ4n) is 1.46. The highest BCUT2D eigenvalue weighted by atomic mass is 79.9. The minimum atomic E-state index is -0.187. The van der Waals surface area contributed by atoms with Crippen LogP contribution in [0.2, 0.25) is 0 Å². The Morgan fingerprint density at radius 2 is 1.89 bits per heavy atom. The van der Waals surface area contributed by atoms with Gasteiger partial charge in [0.15, 0.2) is 0 Å². The van der Waals surface area contributed by atoms with Crippen LogP contribution in [0.4, 0.5) is 5.69 Å². The summed E-state index contributed by atoms with van der Waals surface area (Å²) in [5.74, 6) is -0.183. The highest BCUT2D eigenvalue weighted by Gasteiger charge is 2.11. The molecule has 5 heteroatoms. The Labute approximate surface area is 122 Å². The maximum Gasteiger partial charge on any atom is 0.233 e. The van der Waals surface area contributed by atoms with E-state index in [1.54, 1.807) is 0 Å². The molecule has 0 spiro atoms. The molecule has 0 fully saturated rings. The summed E-state index contributed by atoms with van der Waals surface area (Å²) in [6.07, 6.45) is 0.991. The number of amides is 2. The predicted octanol–water partition coefficient (Wildman–Crippen LogP) is 2.61. The van der Waals surface area contributed by atoms with E-state index in [2.05, 4.69) is 26.6 Å². The molecule has 4 nitrogen and oxygen atoms in total. The van der Waals surface area contributed by atoms with Crippen molar-refractivity contribution in [2.24, 2.45) is 0 Å². The number of benzene rings is 1.